The van der Waals surface area contributed by atoms with Crippen LogP contribution >= 0.6 is 0 Å². The summed E-state index contributed by atoms with van der Waals surface area (Å²) in [6, 6.07) is 6.56. The predicted octanol–water partition coefficient (Wildman–Crippen LogP) is 5.46. The Morgan fingerprint density at radius 3 is 1.68 bits per heavy atom. The monoisotopic (exact) mass is 262 g/mol. The third-order valence-electron chi connectivity index (χ3n) is 3.53. The van der Waals surface area contributed by atoms with Crippen LogP contribution in [0, 0.1) is 0 Å². The minimum atomic E-state index is 0.101. The zero-order valence-electron chi connectivity index (χ0n) is 13.9. The van der Waals surface area contributed by atoms with Gasteiger partial charge in [-0.1, -0.05) is 66.7 Å². The molecule has 1 atom stereocenters. The summed E-state index contributed by atoms with van der Waals surface area (Å²) in [5.41, 5.74) is 2.81. The molecule has 0 saturated carbocycles. The van der Waals surface area contributed by atoms with Crippen LogP contribution in [0.25, 0.3) is 0 Å². The van der Waals surface area contributed by atoms with Crippen molar-refractivity contribution < 1.29 is 4.74 Å². The van der Waals surface area contributed by atoms with Crippen LogP contribution in [0.5, 0.6) is 5.75 Å². The molecular formula is C18H30O. The van der Waals surface area contributed by atoms with Crippen molar-refractivity contribution in [1.29, 1.82) is 0 Å². The van der Waals surface area contributed by atoms with Gasteiger partial charge in [0.1, 0.15) is 5.75 Å². The maximum absolute atomic E-state index is 6.28. The van der Waals surface area contributed by atoms with Crippen LogP contribution in [0.2, 0.25) is 0 Å². The van der Waals surface area contributed by atoms with Crippen LogP contribution in [0.15, 0.2) is 18.2 Å². The second kappa shape index (κ2) is 5.56. The highest BCUT2D eigenvalue weighted by Gasteiger charge is 2.27. The first-order valence-corrected chi connectivity index (χ1v) is 7.38. The van der Waals surface area contributed by atoms with E-state index in [-0.39, 0.29) is 16.9 Å². The SMILES string of the molecule is CCC(C)Oc1c(C(C)(C)C)cccc1C(C)(C)C. The molecule has 0 aliphatic carbocycles. The van der Waals surface area contributed by atoms with E-state index in [0.29, 0.717) is 0 Å². The molecule has 1 rings (SSSR count). The Balaban J connectivity index is 3.41. The first-order valence-electron chi connectivity index (χ1n) is 7.38. The Bertz CT molecular complexity index is 386. The summed E-state index contributed by atoms with van der Waals surface area (Å²) in [4.78, 5) is 0. The van der Waals surface area contributed by atoms with E-state index in [2.05, 4.69) is 73.6 Å². The van der Waals surface area contributed by atoms with Crippen LogP contribution in [0.1, 0.15) is 72.9 Å². The topological polar surface area (TPSA) is 9.23 Å². The van der Waals surface area contributed by atoms with Crippen molar-refractivity contribution in [3.63, 3.8) is 0 Å². The van der Waals surface area contributed by atoms with Crippen molar-refractivity contribution in [3.05, 3.63) is 29.3 Å². The molecule has 1 heteroatoms. The quantitative estimate of drug-likeness (QED) is 0.703. The highest BCUT2D eigenvalue weighted by Crippen LogP contribution is 2.40. The van der Waals surface area contributed by atoms with Crippen LogP contribution in [0.4, 0.5) is 0 Å². The minimum absolute atomic E-state index is 0.101. The highest BCUT2D eigenvalue weighted by atomic mass is 16.5. The Hall–Kier alpha value is -0.980. The van der Waals surface area contributed by atoms with Gasteiger partial charge >= 0.3 is 0 Å². The third kappa shape index (κ3) is 3.99. The molecule has 1 nitrogen and oxygen atoms in total. The molecule has 1 aromatic carbocycles. The van der Waals surface area contributed by atoms with Crippen LogP contribution in [-0.2, 0) is 10.8 Å². The fourth-order valence-electron chi connectivity index (χ4n) is 2.13. The maximum Gasteiger partial charge on any atom is 0.127 e. The second-order valence-electron chi connectivity index (χ2n) is 7.52. The molecule has 0 amide bonds. The lowest BCUT2D eigenvalue weighted by Gasteiger charge is -2.31. The summed E-state index contributed by atoms with van der Waals surface area (Å²) in [6.45, 7) is 17.8. The Morgan fingerprint density at radius 2 is 1.37 bits per heavy atom. The Labute approximate surface area is 119 Å². The number of para-hydroxylation sites is 1. The zero-order valence-corrected chi connectivity index (χ0v) is 13.9. The molecule has 1 aromatic rings. The van der Waals surface area contributed by atoms with Crippen molar-refractivity contribution >= 4 is 0 Å². The predicted molar refractivity (Wildman–Crippen MR) is 84.2 cm³/mol. The van der Waals surface area contributed by atoms with E-state index in [9.17, 15) is 0 Å². The van der Waals surface area contributed by atoms with E-state index in [0.717, 1.165) is 12.2 Å². The fraction of sp³-hybridized carbons (Fsp3) is 0.667. The van der Waals surface area contributed by atoms with E-state index in [1.54, 1.807) is 0 Å². The van der Waals surface area contributed by atoms with Gasteiger partial charge in [0.2, 0.25) is 0 Å². The fourth-order valence-corrected chi connectivity index (χ4v) is 2.13. The molecule has 0 aliphatic heterocycles. The van der Waals surface area contributed by atoms with Gasteiger partial charge in [-0.3, -0.25) is 0 Å². The summed E-state index contributed by atoms with van der Waals surface area (Å²) in [7, 11) is 0. The van der Waals surface area contributed by atoms with Gasteiger partial charge in [0.05, 0.1) is 6.10 Å². The molecule has 0 aromatic heterocycles. The third-order valence-corrected chi connectivity index (χ3v) is 3.53. The number of ether oxygens (including phenoxy) is 1. The lowest BCUT2D eigenvalue weighted by molar-refractivity contribution is 0.207. The van der Waals surface area contributed by atoms with E-state index < -0.39 is 0 Å². The second-order valence-corrected chi connectivity index (χ2v) is 7.52. The van der Waals surface area contributed by atoms with Crippen molar-refractivity contribution in [2.75, 3.05) is 0 Å². The highest BCUT2D eigenvalue weighted by molar-refractivity contribution is 5.48. The molecule has 108 valence electrons. The number of hydrogen-bond donors (Lipinski definition) is 0. The zero-order chi connectivity index (χ0) is 14.8. The molecule has 1 unspecified atom stereocenters. The Morgan fingerprint density at radius 1 is 0.947 bits per heavy atom. The smallest absolute Gasteiger partial charge is 0.127 e. The van der Waals surface area contributed by atoms with Gasteiger partial charge in [-0.15, -0.1) is 0 Å². The van der Waals surface area contributed by atoms with Gasteiger partial charge in [-0.05, 0) is 35.3 Å². The molecule has 0 fully saturated rings. The van der Waals surface area contributed by atoms with Gasteiger partial charge in [-0.25, -0.2) is 0 Å². The van der Waals surface area contributed by atoms with E-state index in [1.807, 2.05) is 0 Å². The standard InChI is InChI=1S/C18H30O/c1-9-13(2)19-16-14(17(3,4)5)11-10-12-15(16)18(6,7)8/h10-13H,9H2,1-8H3. The summed E-state index contributed by atoms with van der Waals surface area (Å²) in [6.07, 6.45) is 1.28. The number of hydrogen-bond acceptors (Lipinski definition) is 1. The van der Waals surface area contributed by atoms with Crippen molar-refractivity contribution in [2.45, 2.75) is 78.7 Å². The van der Waals surface area contributed by atoms with Gasteiger partial charge in [-0.2, -0.15) is 0 Å². The summed E-state index contributed by atoms with van der Waals surface area (Å²) in [5, 5.41) is 0. The van der Waals surface area contributed by atoms with Crippen LogP contribution in [-0.4, -0.2) is 6.10 Å². The summed E-state index contributed by atoms with van der Waals surface area (Å²) in [5.74, 6) is 1.09. The van der Waals surface area contributed by atoms with E-state index >= 15 is 0 Å². The summed E-state index contributed by atoms with van der Waals surface area (Å²) < 4.78 is 6.28. The average molecular weight is 262 g/mol. The van der Waals surface area contributed by atoms with Crippen LogP contribution < -0.4 is 4.74 Å². The molecule has 0 spiro atoms. The van der Waals surface area contributed by atoms with Gasteiger partial charge in [0, 0.05) is 0 Å². The van der Waals surface area contributed by atoms with Crippen molar-refractivity contribution in [2.24, 2.45) is 0 Å². The van der Waals surface area contributed by atoms with Crippen molar-refractivity contribution in [3.8, 4) is 5.75 Å². The average Bonchev–Trinajstić information content (AvgIpc) is 2.26. The normalized spacial score (nSPS) is 14.3. The lowest BCUT2D eigenvalue weighted by atomic mass is 9.79. The summed E-state index contributed by atoms with van der Waals surface area (Å²) >= 11 is 0. The van der Waals surface area contributed by atoms with Gasteiger partial charge in [0.25, 0.3) is 0 Å². The molecule has 19 heavy (non-hydrogen) atoms. The molecular weight excluding hydrogens is 232 g/mol. The molecule has 0 heterocycles. The number of benzene rings is 1. The Kier molecular flexibility index (Phi) is 4.71. The van der Waals surface area contributed by atoms with Gasteiger partial charge in [0.15, 0.2) is 0 Å². The van der Waals surface area contributed by atoms with Crippen molar-refractivity contribution in [1.82, 2.24) is 0 Å². The molecule has 0 saturated heterocycles. The number of rotatable bonds is 3. The molecule has 0 N–H and O–H groups in total. The first kappa shape index (κ1) is 16.1. The minimum Gasteiger partial charge on any atom is -0.490 e. The van der Waals surface area contributed by atoms with E-state index in [1.165, 1.54) is 11.1 Å². The lowest BCUT2D eigenvalue weighted by Crippen LogP contribution is -2.22. The molecule has 0 bridgehead atoms. The molecule has 0 aliphatic rings. The molecule has 0 radical (unpaired) electrons. The van der Waals surface area contributed by atoms with Gasteiger partial charge < -0.3 is 4.74 Å². The van der Waals surface area contributed by atoms with Crippen LogP contribution in [0.3, 0.4) is 0 Å². The maximum atomic E-state index is 6.28. The van der Waals surface area contributed by atoms with E-state index in [4.69, 9.17) is 4.74 Å². The largest absolute Gasteiger partial charge is 0.490 e. The first-order chi connectivity index (χ1) is 8.57.